The van der Waals surface area contributed by atoms with Crippen LogP contribution in [0.1, 0.15) is 46.0 Å². The number of hydrogen-bond donors (Lipinski definition) is 1. The maximum absolute atomic E-state index is 4.06. The molecular formula is C10H21N5. The highest BCUT2D eigenvalue weighted by Crippen LogP contribution is 2.09. The van der Waals surface area contributed by atoms with Crippen LogP contribution in [0.5, 0.6) is 0 Å². The summed E-state index contributed by atoms with van der Waals surface area (Å²) in [6.07, 6.45) is 1.12. The number of aromatic nitrogens is 4. The molecule has 1 aromatic heterocycles. The zero-order valence-corrected chi connectivity index (χ0v) is 10.1. The highest BCUT2D eigenvalue weighted by atomic mass is 15.5. The van der Waals surface area contributed by atoms with Crippen LogP contribution in [0.4, 0.5) is 0 Å². The lowest BCUT2D eigenvalue weighted by Crippen LogP contribution is -2.24. The summed E-state index contributed by atoms with van der Waals surface area (Å²) in [5.74, 6) is 1.49. The van der Waals surface area contributed by atoms with Gasteiger partial charge < -0.3 is 5.32 Å². The summed E-state index contributed by atoms with van der Waals surface area (Å²) < 4.78 is 1.89. The molecule has 1 N–H and O–H groups in total. The van der Waals surface area contributed by atoms with Gasteiger partial charge in [-0.2, -0.15) is 0 Å². The lowest BCUT2D eigenvalue weighted by atomic mass is 10.2. The maximum Gasteiger partial charge on any atom is 0.167 e. The van der Waals surface area contributed by atoms with Crippen molar-refractivity contribution in [2.75, 3.05) is 6.54 Å². The molecule has 0 aliphatic carbocycles. The Labute approximate surface area is 91.2 Å². The van der Waals surface area contributed by atoms with Gasteiger partial charge in [0.15, 0.2) is 5.82 Å². The van der Waals surface area contributed by atoms with Crippen molar-refractivity contribution in [1.29, 1.82) is 0 Å². The quantitative estimate of drug-likeness (QED) is 0.772. The topological polar surface area (TPSA) is 55.6 Å². The van der Waals surface area contributed by atoms with E-state index in [1.54, 1.807) is 0 Å². The van der Waals surface area contributed by atoms with Crippen molar-refractivity contribution in [3.63, 3.8) is 0 Å². The van der Waals surface area contributed by atoms with Crippen LogP contribution in [-0.2, 0) is 6.54 Å². The van der Waals surface area contributed by atoms with Crippen molar-refractivity contribution < 1.29 is 0 Å². The molecule has 0 spiro atoms. The van der Waals surface area contributed by atoms with Gasteiger partial charge in [0.2, 0.25) is 0 Å². The minimum Gasteiger partial charge on any atom is -0.307 e. The third-order valence-corrected chi connectivity index (χ3v) is 2.19. The number of hydrogen-bond acceptors (Lipinski definition) is 4. The molecule has 1 rings (SSSR count). The Morgan fingerprint density at radius 2 is 2.07 bits per heavy atom. The average Bonchev–Trinajstić information content (AvgIpc) is 2.61. The lowest BCUT2D eigenvalue weighted by Gasteiger charge is -2.13. The molecule has 0 aliphatic heterocycles. The van der Waals surface area contributed by atoms with E-state index in [9.17, 15) is 0 Å². The number of rotatable bonds is 6. The predicted molar refractivity (Wildman–Crippen MR) is 59.4 cm³/mol. The van der Waals surface area contributed by atoms with E-state index in [1.807, 2.05) is 4.68 Å². The van der Waals surface area contributed by atoms with Crippen molar-refractivity contribution >= 4 is 0 Å². The minimum absolute atomic E-state index is 0.221. The van der Waals surface area contributed by atoms with E-state index in [1.165, 1.54) is 0 Å². The molecule has 0 aliphatic rings. The molecule has 0 saturated heterocycles. The molecule has 0 fully saturated rings. The Balaban J connectivity index is 2.62. The molecule has 1 unspecified atom stereocenters. The van der Waals surface area contributed by atoms with Gasteiger partial charge in [-0.1, -0.05) is 20.8 Å². The van der Waals surface area contributed by atoms with Crippen LogP contribution >= 0.6 is 0 Å². The first-order chi connectivity index (χ1) is 7.15. The summed E-state index contributed by atoms with van der Waals surface area (Å²) in [7, 11) is 0. The molecule has 5 nitrogen and oxygen atoms in total. The Morgan fingerprint density at radius 3 is 2.67 bits per heavy atom. The summed E-state index contributed by atoms with van der Waals surface area (Å²) in [5, 5.41) is 15.2. The average molecular weight is 211 g/mol. The highest BCUT2D eigenvalue weighted by molar-refractivity contribution is 4.89. The van der Waals surface area contributed by atoms with Crippen LogP contribution in [0.3, 0.4) is 0 Å². The van der Waals surface area contributed by atoms with Crippen molar-refractivity contribution in [1.82, 2.24) is 25.5 Å². The minimum atomic E-state index is 0.221. The molecule has 0 aromatic carbocycles. The summed E-state index contributed by atoms with van der Waals surface area (Å²) >= 11 is 0. The molecule has 0 bridgehead atoms. The van der Waals surface area contributed by atoms with Crippen molar-refractivity contribution in [2.24, 2.45) is 5.92 Å². The first-order valence-corrected chi connectivity index (χ1v) is 5.64. The van der Waals surface area contributed by atoms with Gasteiger partial charge in [0.25, 0.3) is 0 Å². The molecule has 0 saturated carbocycles. The molecule has 1 atom stereocenters. The zero-order valence-electron chi connectivity index (χ0n) is 10.1. The van der Waals surface area contributed by atoms with E-state index in [0.717, 1.165) is 25.3 Å². The Bertz CT molecular complexity index is 281. The van der Waals surface area contributed by atoms with Crippen LogP contribution in [0.25, 0.3) is 0 Å². The standard InChI is InChI=1S/C10H21N5/c1-5-6-11-9(4)10-12-13-14-15(10)7-8(2)3/h8-9,11H,5-7H2,1-4H3. The van der Waals surface area contributed by atoms with E-state index in [0.29, 0.717) is 5.92 Å². The Morgan fingerprint density at radius 1 is 1.33 bits per heavy atom. The van der Waals surface area contributed by atoms with Crippen LogP contribution in [0.2, 0.25) is 0 Å². The SMILES string of the molecule is CCCNC(C)c1nnnn1CC(C)C. The van der Waals surface area contributed by atoms with Crippen molar-refractivity contribution in [2.45, 2.75) is 46.7 Å². The van der Waals surface area contributed by atoms with Crippen molar-refractivity contribution in [3.05, 3.63) is 5.82 Å². The molecular weight excluding hydrogens is 190 g/mol. The van der Waals surface area contributed by atoms with Gasteiger partial charge >= 0.3 is 0 Å². The smallest absolute Gasteiger partial charge is 0.167 e. The number of tetrazole rings is 1. The van der Waals surface area contributed by atoms with Gasteiger partial charge in [-0.25, -0.2) is 4.68 Å². The Kier molecular flexibility index (Phi) is 4.68. The first kappa shape index (κ1) is 12.1. The molecule has 5 heteroatoms. The molecule has 0 amide bonds. The van der Waals surface area contributed by atoms with E-state index in [-0.39, 0.29) is 6.04 Å². The Hall–Kier alpha value is -0.970. The summed E-state index contributed by atoms with van der Waals surface area (Å²) in [6.45, 7) is 10.4. The van der Waals surface area contributed by atoms with Gasteiger partial charge in [0, 0.05) is 6.54 Å². The lowest BCUT2D eigenvalue weighted by molar-refractivity contribution is 0.430. The normalized spacial score (nSPS) is 13.4. The van der Waals surface area contributed by atoms with E-state index < -0.39 is 0 Å². The van der Waals surface area contributed by atoms with E-state index in [4.69, 9.17) is 0 Å². The second kappa shape index (κ2) is 5.80. The first-order valence-electron chi connectivity index (χ1n) is 5.64. The van der Waals surface area contributed by atoms with Gasteiger partial charge in [-0.3, -0.25) is 0 Å². The fourth-order valence-corrected chi connectivity index (χ4v) is 1.45. The largest absolute Gasteiger partial charge is 0.307 e. The third-order valence-electron chi connectivity index (χ3n) is 2.19. The number of nitrogens with one attached hydrogen (secondary N) is 1. The molecule has 86 valence electrons. The second-order valence-corrected chi connectivity index (χ2v) is 4.29. The van der Waals surface area contributed by atoms with Gasteiger partial charge in [-0.05, 0) is 36.2 Å². The fraction of sp³-hybridized carbons (Fsp3) is 0.900. The monoisotopic (exact) mass is 211 g/mol. The maximum atomic E-state index is 4.06. The van der Waals surface area contributed by atoms with Crippen LogP contribution in [0.15, 0.2) is 0 Å². The van der Waals surface area contributed by atoms with Gasteiger partial charge in [0.05, 0.1) is 6.04 Å². The second-order valence-electron chi connectivity index (χ2n) is 4.29. The molecule has 1 heterocycles. The predicted octanol–water partition coefficient (Wildman–Crippen LogP) is 1.39. The molecule has 1 aromatic rings. The van der Waals surface area contributed by atoms with E-state index in [2.05, 4.69) is 48.5 Å². The van der Waals surface area contributed by atoms with Crippen molar-refractivity contribution in [3.8, 4) is 0 Å². The summed E-state index contributed by atoms with van der Waals surface area (Å²) in [6, 6.07) is 0.221. The molecule has 15 heavy (non-hydrogen) atoms. The summed E-state index contributed by atoms with van der Waals surface area (Å²) in [5.41, 5.74) is 0. The van der Waals surface area contributed by atoms with Crippen LogP contribution in [-0.4, -0.2) is 26.8 Å². The van der Waals surface area contributed by atoms with Gasteiger partial charge in [0.1, 0.15) is 0 Å². The highest BCUT2D eigenvalue weighted by Gasteiger charge is 2.13. The third kappa shape index (κ3) is 3.58. The molecule has 0 radical (unpaired) electrons. The van der Waals surface area contributed by atoms with Crippen LogP contribution in [0, 0.1) is 5.92 Å². The zero-order chi connectivity index (χ0) is 11.3. The fourth-order valence-electron chi connectivity index (χ4n) is 1.45. The van der Waals surface area contributed by atoms with E-state index >= 15 is 0 Å². The van der Waals surface area contributed by atoms with Gasteiger partial charge in [-0.15, -0.1) is 5.10 Å². The summed E-state index contributed by atoms with van der Waals surface area (Å²) in [4.78, 5) is 0. The van der Waals surface area contributed by atoms with Crippen LogP contribution < -0.4 is 5.32 Å². The number of nitrogens with zero attached hydrogens (tertiary/aromatic N) is 4.